The lowest BCUT2D eigenvalue weighted by Gasteiger charge is -2.27. The van der Waals surface area contributed by atoms with Crippen LogP contribution in [-0.4, -0.2) is 28.2 Å². The van der Waals surface area contributed by atoms with Crippen LogP contribution in [0.1, 0.15) is 43.7 Å². The van der Waals surface area contributed by atoms with Gasteiger partial charge in [-0.3, -0.25) is 0 Å². The molecule has 2 atom stereocenters. The van der Waals surface area contributed by atoms with E-state index in [1.807, 2.05) is 63.2 Å². The summed E-state index contributed by atoms with van der Waals surface area (Å²) in [4.78, 5) is 0. The highest BCUT2D eigenvalue weighted by atomic mass is 32.2. The van der Waals surface area contributed by atoms with E-state index in [2.05, 4.69) is 4.72 Å². The molecule has 2 N–H and O–H groups in total. The van der Waals surface area contributed by atoms with E-state index in [1.54, 1.807) is 7.11 Å². The molecule has 0 fully saturated rings. The van der Waals surface area contributed by atoms with Gasteiger partial charge in [0.1, 0.15) is 35.4 Å². The Kier molecular flexibility index (Phi) is 7.21. The van der Waals surface area contributed by atoms with Crippen molar-refractivity contribution >= 4 is 22.3 Å². The number of hydrogen-bond acceptors (Lipinski definition) is 5. The van der Waals surface area contributed by atoms with Crippen molar-refractivity contribution < 1.29 is 23.2 Å². The fraction of sp³-hybridized carbons (Fsp3) is 0.391. The van der Waals surface area contributed by atoms with Gasteiger partial charge in [0, 0.05) is 29.4 Å². The zero-order valence-corrected chi connectivity index (χ0v) is 18.5. The van der Waals surface area contributed by atoms with Crippen LogP contribution in [0.2, 0.25) is 0 Å². The van der Waals surface area contributed by atoms with Gasteiger partial charge in [-0.15, -0.1) is 4.72 Å². The molecule has 0 aliphatic heterocycles. The summed E-state index contributed by atoms with van der Waals surface area (Å²) >= 11 is -1.40. The maximum absolute atomic E-state index is 13.8. The van der Waals surface area contributed by atoms with Crippen molar-refractivity contribution in [3.63, 3.8) is 0 Å². The lowest BCUT2D eigenvalue weighted by molar-refractivity contribution is 0.166. The number of nitrogens with one attached hydrogen (secondary N) is 1. The average molecular weight is 434 g/mol. The van der Waals surface area contributed by atoms with E-state index in [0.717, 1.165) is 22.1 Å². The Labute approximate surface area is 179 Å². The van der Waals surface area contributed by atoms with Crippen LogP contribution in [0.3, 0.4) is 0 Å². The Hall–Kier alpha value is -1.90. The van der Waals surface area contributed by atoms with Crippen LogP contribution in [-0.2, 0) is 29.3 Å². The molecule has 0 spiro atoms. The van der Waals surface area contributed by atoms with E-state index in [9.17, 15) is 14.0 Å². The lowest BCUT2D eigenvalue weighted by atomic mass is 9.97. The van der Waals surface area contributed by atoms with Gasteiger partial charge in [-0.1, -0.05) is 18.2 Å². The van der Waals surface area contributed by atoms with Crippen molar-refractivity contribution in [1.82, 2.24) is 4.72 Å². The predicted octanol–water partition coefficient (Wildman–Crippen LogP) is 4.80. The molecule has 7 heteroatoms. The number of hydrogen-bond donors (Lipinski definition) is 2. The minimum absolute atomic E-state index is 0.105. The molecule has 0 bridgehead atoms. The van der Waals surface area contributed by atoms with Gasteiger partial charge in [0.25, 0.3) is 0 Å². The van der Waals surface area contributed by atoms with Crippen LogP contribution in [0.4, 0.5) is 4.39 Å². The standard InChI is InChI=1S/C23H28FNO4S/c1-23(2,3)30(27)25-21(12-24)17-7-5-6-16(10-17)20-9-15(13-26)8-18-11-19(14-28-4)29-22(18)20/h5-11,21,25-26H,12-14H2,1-4H3/t21?,30-/m0/s1. The molecule has 3 rings (SSSR count). The van der Waals surface area contributed by atoms with Gasteiger partial charge in [-0.2, -0.15) is 0 Å². The van der Waals surface area contributed by atoms with Gasteiger partial charge < -0.3 is 18.8 Å². The molecule has 1 heterocycles. The van der Waals surface area contributed by atoms with Crippen LogP contribution < -0.4 is 4.72 Å². The fourth-order valence-electron chi connectivity index (χ4n) is 3.21. The van der Waals surface area contributed by atoms with Crippen molar-refractivity contribution in [3.05, 3.63) is 59.4 Å². The molecule has 0 amide bonds. The number of ether oxygens (including phenoxy) is 1. The third kappa shape index (κ3) is 5.04. The molecule has 0 saturated heterocycles. The SMILES string of the molecule is COCc1cc2cc(CO)cc(-c3cccc(C(CF)N[S@@+]([O-])C(C)(C)C)c3)c2o1. The van der Waals surface area contributed by atoms with Crippen molar-refractivity contribution in [2.75, 3.05) is 13.8 Å². The van der Waals surface area contributed by atoms with Crippen LogP contribution in [0.5, 0.6) is 0 Å². The number of halogens is 1. The van der Waals surface area contributed by atoms with Gasteiger partial charge in [-0.05, 0) is 61.7 Å². The normalized spacial score (nSPS) is 14.2. The number of fused-ring (bicyclic) bond motifs is 1. The Balaban J connectivity index is 2.03. The molecule has 0 aliphatic carbocycles. The van der Waals surface area contributed by atoms with Crippen LogP contribution in [0.15, 0.2) is 46.9 Å². The van der Waals surface area contributed by atoms with E-state index < -0.39 is 28.8 Å². The zero-order chi connectivity index (χ0) is 21.9. The summed E-state index contributed by atoms with van der Waals surface area (Å²) in [5.74, 6) is 0.684. The molecule has 1 aromatic heterocycles. The van der Waals surface area contributed by atoms with Gasteiger partial charge in [-0.25, -0.2) is 4.39 Å². The number of methoxy groups -OCH3 is 1. The first-order valence-corrected chi connectivity index (χ1v) is 10.9. The maximum atomic E-state index is 13.8. The molecular weight excluding hydrogens is 405 g/mol. The first-order valence-electron chi connectivity index (χ1n) is 9.76. The summed E-state index contributed by atoms with van der Waals surface area (Å²) in [5.41, 5.74) is 3.75. The quantitative estimate of drug-likeness (QED) is 0.499. The predicted molar refractivity (Wildman–Crippen MR) is 118 cm³/mol. The number of aliphatic hydroxyl groups excluding tert-OH is 1. The van der Waals surface area contributed by atoms with Crippen LogP contribution in [0, 0.1) is 0 Å². The summed E-state index contributed by atoms with van der Waals surface area (Å²) in [6.45, 7) is 5.08. The topological polar surface area (TPSA) is 77.7 Å². The smallest absolute Gasteiger partial charge is 0.142 e. The highest BCUT2D eigenvalue weighted by molar-refractivity contribution is 7.90. The Morgan fingerprint density at radius 3 is 2.63 bits per heavy atom. The van der Waals surface area contributed by atoms with Crippen molar-refractivity contribution in [2.45, 2.75) is 44.8 Å². The van der Waals surface area contributed by atoms with Crippen LogP contribution in [0.25, 0.3) is 22.1 Å². The summed E-state index contributed by atoms with van der Waals surface area (Å²) in [7, 11) is 1.60. The van der Waals surface area contributed by atoms with Crippen molar-refractivity contribution in [1.29, 1.82) is 0 Å². The molecule has 0 saturated carbocycles. The van der Waals surface area contributed by atoms with Gasteiger partial charge in [0.05, 0.1) is 6.61 Å². The highest BCUT2D eigenvalue weighted by Gasteiger charge is 2.30. The third-order valence-corrected chi connectivity index (χ3v) is 6.37. The summed E-state index contributed by atoms with van der Waals surface area (Å²) in [5, 5.41) is 10.6. The molecule has 2 aromatic carbocycles. The zero-order valence-electron chi connectivity index (χ0n) is 17.7. The summed E-state index contributed by atoms with van der Waals surface area (Å²) in [6, 6.07) is 12.4. The number of alkyl halides is 1. The molecule has 162 valence electrons. The largest absolute Gasteiger partial charge is 0.598 e. The highest BCUT2D eigenvalue weighted by Crippen LogP contribution is 2.34. The van der Waals surface area contributed by atoms with E-state index >= 15 is 0 Å². The first kappa shape index (κ1) is 22.8. The summed E-state index contributed by atoms with van der Waals surface area (Å²) in [6.07, 6.45) is 0. The Morgan fingerprint density at radius 1 is 1.23 bits per heavy atom. The second kappa shape index (κ2) is 9.49. The molecule has 1 unspecified atom stereocenters. The molecule has 0 radical (unpaired) electrons. The van der Waals surface area contributed by atoms with Gasteiger partial charge in [0.15, 0.2) is 0 Å². The molecule has 30 heavy (non-hydrogen) atoms. The number of furan rings is 1. The Morgan fingerprint density at radius 2 is 2.00 bits per heavy atom. The van der Waals surface area contributed by atoms with E-state index in [-0.39, 0.29) is 6.61 Å². The van der Waals surface area contributed by atoms with E-state index in [1.165, 1.54) is 0 Å². The van der Waals surface area contributed by atoms with Gasteiger partial charge in [0.2, 0.25) is 0 Å². The van der Waals surface area contributed by atoms with Crippen molar-refractivity contribution in [3.8, 4) is 11.1 Å². The van der Waals surface area contributed by atoms with Gasteiger partial charge >= 0.3 is 0 Å². The van der Waals surface area contributed by atoms with E-state index in [4.69, 9.17) is 9.15 Å². The average Bonchev–Trinajstić information content (AvgIpc) is 3.13. The second-order valence-electron chi connectivity index (χ2n) is 8.20. The minimum atomic E-state index is -1.40. The molecular formula is C23H28FNO4S. The first-order chi connectivity index (χ1) is 14.3. The third-order valence-electron chi connectivity index (χ3n) is 4.76. The Bertz CT molecular complexity index is 999. The number of aliphatic hydroxyl groups is 1. The minimum Gasteiger partial charge on any atom is -0.598 e. The summed E-state index contributed by atoms with van der Waals surface area (Å²) < 4.78 is 39.8. The monoisotopic (exact) mass is 433 g/mol. The maximum Gasteiger partial charge on any atom is 0.142 e. The molecule has 5 nitrogen and oxygen atoms in total. The van der Waals surface area contributed by atoms with Crippen LogP contribution >= 0.6 is 0 Å². The second-order valence-corrected chi connectivity index (χ2v) is 10.2. The molecule has 3 aromatic rings. The van der Waals surface area contributed by atoms with Crippen molar-refractivity contribution in [2.24, 2.45) is 0 Å². The lowest BCUT2D eigenvalue weighted by Crippen LogP contribution is -2.41. The number of rotatable bonds is 8. The molecule has 0 aliphatic rings. The fourth-order valence-corrected chi connectivity index (χ4v) is 4.02. The number of benzene rings is 2. The van der Waals surface area contributed by atoms with E-state index in [0.29, 0.717) is 23.5 Å².